The summed E-state index contributed by atoms with van der Waals surface area (Å²) in [6.07, 6.45) is 3.49. The van der Waals surface area contributed by atoms with Crippen LogP contribution in [0.1, 0.15) is 17.7 Å². The minimum Gasteiger partial charge on any atom is -0.352 e. The first kappa shape index (κ1) is 19.0. The number of benzene rings is 1. The third kappa shape index (κ3) is 5.30. The van der Waals surface area contributed by atoms with Gasteiger partial charge < -0.3 is 5.32 Å². The van der Waals surface area contributed by atoms with Gasteiger partial charge in [-0.1, -0.05) is 35.3 Å². The maximum atomic E-state index is 11.8. The first-order valence-corrected chi connectivity index (χ1v) is 8.23. The smallest absolute Gasteiger partial charge is 0.270 e. The number of carbonyl (C=O) groups excluding carboxylic acids is 1. The van der Waals surface area contributed by atoms with Crippen LogP contribution in [0.25, 0.3) is 6.08 Å². The number of aryl methyl sites for hydroxylation is 2. The lowest BCUT2D eigenvalue weighted by atomic mass is 10.2. The summed E-state index contributed by atoms with van der Waals surface area (Å²) < 4.78 is 1.59. The Kier molecular flexibility index (Phi) is 6.55. The van der Waals surface area contributed by atoms with Crippen LogP contribution >= 0.6 is 23.2 Å². The van der Waals surface area contributed by atoms with E-state index >= 15 is 0 Å². The van der Waals surface area contributed by atoms with Crippen LogP contribution < -0.4 is 5.32 Å². The third-order valence-electron chi connectivity index (χ3n) is 3.35. The highest BCUT2D eigenvalue weighted by Gasteiger charge is 2.10. The number of nitro groups is 1. The Morgan fingerprint density at radius 3 is 2.84 bits per heavy atom. The minimum absolute atomic E-state index is 0.0207. The zero-order valence-electron chi connectivity index (χ0n) is 13.4. The topological polar surface area (TPSA) is 90.1 Å². The van der Waals surface area contributed by atoms with Crippen LogP contribution in [0.4, 0.5) is 5.69 Å². The van der Waals surface area contributed by atoms with Gasteiger partial charge in [0.2, 0.25) is 5.91 Å². The molecule has 2 rings (SSSR count). The second-order valence-corrected chi connectivity index (χ2v) is 5.98. The lowest BCUT2D eigenvalue weighted by molar-refractivity contribution is -0.384. The molecule has 0 atom stereocenters. The molecule has 1 N–H and O–H groups in total. The van der Waals surface area contributed by atoms with Gasteiger partial charge in [-0.05, 0) is 25.0 Å². The second-order valence-electron chi connectivity index (χ2n) is 5.24. The monoisotopic (exact) mass is 382 g/mol. The number of non-ortho nitro benzene ring substituents is 1. The quantitative estimate of drug-likeness (QED) is 0.342. The molecule has 25 heavy (non-hydrogen) atoms. The van der Waals surface area contributed by atoms with E-state index in [9.17, 15) is 14.9 Å². The van der Waals surface area contributed by atoms with E-state index in [0.29, 0.717) is 40.9 Å². The van der Waals surface area contributed by atoms with E-state index in [1.54, 1.807) is 23.7 Å². The Hall–Kier alpha value is -2.38. The lowest BCUT2D eigenvalue weighted by Crippen LogP contribution is -2.23. The Bertz CT molecular complexity index is 818. The standard InChI is InChI=1S/C16H16Cl2N4O3/c1-11-15(17)16(18)21(20-11)9-3-8-19-14(23)7-6-12-4-2-5-13(10-12)22(24)25/h2,4-7,10H,3,8-9H2,1H3,(H,19,23)/b7-6+. The van der Waals surface area contributed by atoms with Gasteiger partial charge in [-0.3, -0.25) is 19.6 Å². The summed E-state index contributed by atoms with van der Waals surface area (Å²) in [4.78, 5) is 22.0. The Morgan fingerprint density at radius 2 is 2.20 bits per heavy atom. The van der Waals surface area contributed by atoms with Crippen molar-refractivity contribution in [2.45, 2.75) is 19.9 Å². The van der Waals surface area contributed by atoms with Gasteiger partial charge in [0.1, 0.15) is 10.2 Å². The molecule has 132 valence electrons. The van der Waals surface area contributed by atoms with Crippen molar-refractivity contribution in [3.63, 3.8) is 0 Å². The van der Waals surface area contributed by atoms with E-state index in [2.05, 4.69) is 10.4 Å². The number of nitrogens with zero attached hydrogens (tertiary/aromatic N) is 3. The maximum absolute atomic E-state index is 11.8. The highest BCUT2D eigenvalue weighted by atomic mass is 35.5. The van der Waals surface area contributed by atoms with Crippen molar-refractivity contribution in [2.75, 3.05) is 6.54 Å². The van der Waals surface area contributed by atoms with Gasteiger partial charge in [-0.15, -0.1) is 0 Å². The van der Waals surface area contributed by atoms with E-state index in [-0.39, 0.29) is 11.6 Å². The van der Waals surface area contributed by atoms with Crippen molar-refractivity contribution < 1.29 is 9.72 Å². The molecule has 7 nitrogen and oxygen atoms in total. The molecule has 1 heterocycles. The minimum atomic E-state index is -0.480. The molecule has 2 aromatic rings. The van der Waals surface area contributed by atoms with Crippen LogP contribution in [0, 0.1) is 17.0 Å². The van der Waals surface area contributed by atoms with Gasteiger partial charge in [-0.25, -0.2) is 0 Å². The Morgan fingerprint density at radius 1 is 1.44 bits per heavy atom. The summed E-state index contributed by atoms with van der Waals surface area (Å²) in [6.45, 7) is 2.73. The third-order valence-corrected chi connectivity index (χ3v) is 4.28. The second kappa shape index (κ2) is 8.64. The van der Waals surface area contributed by atoms with E-state index in [1.807, 2.05) is 0 Å². The molecule has 1 amide bonds. The van der Waals surface area contributed by atoms with Crippen LogP contribution in [0.2, 0.25) is 10.2 Å². The molecule has 1 aromatic heterocycles. The molecule has 0 spiro atoms. The fourth-order valence-electron chi connectivity index (χ4n) is 2.09. The van der Waals surface area contributed by atoms with E-state index in [1.165, 1.54) is 24.3 Å². The number of amides is 1. The van der Waals surface area contributed by atoms with E-state index in [4.69, 9.17) is 23.2 Å². The molecule has 0 unspecified atom stereocenters. The number of hydrogen-bond donors (Lipinski definition) is 1. The van der Waals surface area contributed by atoms with Crippen molar-refractivity contribution in [2.24, 2.45) is 0 Å². The molecule has 0 bridgehead atoms. The first-order chi connectivity index (χ1) is 11.9. The predicted molar refractivity (Wildman–Crippen MR) is 96.7 cm³/mol. The van der Waals surface area contributed by atoms with Gasteiger partial charge in [0.25, 0.3) is 5.69 Å². The van der Waals surface area contributed by atoms with Crippen LogP contribution in [-0.4, -0.2) is 27.2 Å². The summed E-state index contributed by atoms with van der Waals surface area (Å²) in [5, 5.41) is 18.4. The summed E-state index contributed by atoms with van der Waals surface area (Å²) >= 11 is 12.0. The normalized spacial score (nSPS) is 11.0. The summed E-state index contributed by atoms with van der Waals surface area (Å²) in [6, 6.07) is 6.04. The SMILES string of the molecule is Cc1nn(CCCNC(=O)/C=C/c2cccc([N+](=O)[O-])c2)c(Cl)c1Cl. The Labute approximate surface area is 154 Å². The summed E-state index contributed by atoms with van der Waals surface area (Å²) in [7, 11) is 0. The molecule has 0 aliphatic rings. The van der Waals surface area contributed by atoms with E-state index in [0.717, 1.165) is 0 Å². The van der Waals surface area contributed by atoms with Crippen LogP contribution in [0.15, 0.2) is 30.3 Å². The number of carbonyl (C=O) groups is 1. The van der Waals surface area contributed by atoms with Gasteiger partial charge >= 0.3 is 0 Å². The number of nitrogens with one attached hydrogen (secondary N) is 1. The largest absolute Gasteiger partial charge is 0.352 e. The fraction of sp³-hybridized carbons (Fsp3) is 0.250. The average molecular weight is 383 g/mol. The highest BCUT2D eigenvalue weighted by molar-refractivity contribution is 6.41. The molecule has 0 saturated carbocycles. The molecule has 1 aromatic carbocycles. The molecular weight excluding hydrogens is 367 g/mol. The van der Waals surface area contributed by atoms with Gasteiger partial charge in [-0.2, -0.15) is 5.10 Å². The number of aromatic nitrogens is 2. The van der Waals surface area contributed by atoms with Crippen LogP contribution in [-0.2, 0) is 11.3 Å². The van der Waals surface area contributed by atoms with Crippen LogP contribution in [0.5, 0.6) is 0 Å². The average Bonchev–Trinajstić information content (AvgIpc) is 2.84. The van der Waals surface area contributed by atoms with Crippen molar-refractivity contribution >= 4 is 40.9 Å². The molecule has 0 aliphatic heterocycles. The lowest BCUT2D eigenvalue weighted by Gasteiger charge is -2.04. The first-order valence-electron chi connectivity index (χ1n) is 7.47. The molecule has 0 radical (unpaired) electrons. The zero-order chi connectivity index (χ0) is 18.4. The van der Waals surface area contributed by atoms with Crippen molar-refractivity contribution in [3.8, 4) is 0 Å². The number of rotatable bonds is 7. The van der Waals surface area contributed by atoms with Crippen molar-refractivity contribution in [1.29, 1.82) is 0 Å². The van der Waals surface area contributed by atoms with Gasteiger partial charge in [0, 0.05) is 31.3 Å². The summed E-state index contributed by atoms with van der Waals surface area (Å²) in [5.74, 6) is -0.285. The number of hydrogen-bond acceptors (Lipinski definition) is 4. The molecular formula is C16H16Cl2N4O3. The predicted octanol–water partition coefficient (Wildman–Crippen LogP) is 3.63. The van der Waals surface area contributed by atoms with Gasteiger partial charge in [0.05, 0.1) is 10.6 Å². The van der Waals surface area contributed by atoms with Crippen molar-refractivity contribution in [3.05, 3.63) is 61.9 Å². The maximum Gasteiger partial charge on any atom is 0.270 e. The zero-order valence-corrected chi connectivity index (χ0v) is 14.9. The molecule has 0 fully saturated rings. The van der Waals surface area contributed by atoms with Gasteiger partial charge in [0.15, 0.2) is 0 Å². The summed E-state index contributed by atoms with van der Waals surface area (Å²) in [5.41, 5.74) is 1.22. The molecule has 0 saturated heterocycles. The number of nitro benzene ring substituents is 1. The van der Waals surface area contributed by atoms with E-state index < -0.39 is 4.92 Å². The molecule has 9 heteroatoms. The fourth-order valence-corrected chi connectivity index (χ4v) is 2.49. The van der Waals surface area contributed by atoms with Crippen LogP contribution in [0.3, 0.4) is 0 Å². The number of halogens is 2. The van der Waals surface area contributed by atoms with Crippen molar-refractivity contribution in [1.82, 2.24) is 15.1 Å². The highest BCUT2D eigenvalue weighted by Crippen LogP contribution is 2.24. The Balaban J connectivity index is 1.79. The molecule has 0 aliphatic carbocycles.